The SMILES string of the molecule is COC(=O)N1CC[C@@H]2[C@H]1CCC[C@]2(C#Cc1cccc(C)c1)OC(=O)Cc1cccc(C(F)(F)F)c1. The zero-order valence-corrected chi connectivity index (χ0v) is 20.2. The van der Waals surface area contributed by atoms with Crippen molar-refractivity contribution < 1.29 is 32.2 Å². The van der Waals surface area contributed by atoms with Crippen LogP contribution in [0.4, 0.5) is 18.0 Å². The van der Waals surface area contributed by atoms with Crippen LogP contribution in [0.5, 0.6) is 0 Å². The molecule has 0 aromatic heterocycles. The summed E-state index contributed by atoms with van der Waals surface area (Å²) in [6.45, 7) is 2.42. The van der Waals surface area contributed by atoms with E-state index in [0.717, 1.165) is 29.7 Å². The number of hydrogen-bond donors (Lipinski definition) is 0. The number of carbonyl (C=O) groups is 2. The predicted octanol–water partition coefficient (Wildman–Crippen LogP) is 5.53. The standard InChI is InChI=1S/C28H28F3NO4/c1-19-6-3-7-20(16-19)11-14-27(13-5-10-24-23(27)12-15-32(24)26(34)35-2)36-25(33)18-21-8-4-9-22(17-21)28(29,30)31/h3-4,6-9,16-17,23-24H,5,10,12-13,15,18H2,1-2H3/t23-,24-,27-/m1/s1. The number of ether oxygens (including phenoxy) is 2. The molecule has 4 rings (SSSR count). The molecule has 1 amide bonds. The second-order valence-electron chi connectivity index (χ2n) is 9.38. The Balaban J connectivity index is 1.64. The monoisotopic (exact) mass is 499 g/mol. The molecule has 2 aromatic carbocycles. The lowest BCUT2D eigenvalue weighted by molar-refractivity contribution is -0.162. The minimum atomic E-state index is -4.50. The zero-order chi connectivity index (χ0) is 25.9. The number of fused-ring (bicyclic) bond motifs is 1. The number of methoxy groups -OCH3 is 1. The van der Waals surface area contributed by atoms with Crippen LogP contribution in [-0.2, 0) is 26.9 Å². The fourth-order valence-corrected chi connectivity index (χ4v) is 5.33. The fraction of sp³-hybridized carbons (Fsp3) is 0.429. The van der Waals surface area contributed by atoms with Crippen LogP contribution in [0.3, 0.4) is 0 Å². The van der Waals surface area contributed by atoms with E-state index >= 15 is 0 Å². The molecular weight excluding hydrogens is 471 g/mol. The van der Waals surface area contributed by atoms with E-state index in [1.54, 1.807) is 4.90 Å². The van der Waals surface area contributed by atoms with E-state index in [-0.39, 0.29) is 23.9 Å². The number of halogens is 3. The third-order valence-corrected chi connectivity index (χ3v) is 6.94. The molecule has 1 heterocycles. The van der Waals surface area contributed by atoms with Crippen LogP contribution in [0.15, 0.2) is 48.5 Å². The second-order valence-corrected chi connectivity index (χ2v) is 9.38. The van der Waals surface area contributed by atoms with Crippen LogP contribution in [0.2, 0.25) is 0 Å². The highest BCUT2D eigenvalue weighted by atomic mass is 19.4. The lowest BCUT2D eigenvalue weighted by Crippen LogP contribution is -2.52. The van der Waals surface area contributed by atoms with Gasteiger partial charge in [0.25, 0.3) is 0 Å². The third-order valence-electron chi connectivity index (χ3n) is 6.94. The summed E-state index contributed by atoms with van der Waals surface area (Å²) in [6, 6.07) is 12.1. The average molecular weight is 500 g/mol. The van der Waals surface area contributed by atoms with Gasteiger partial charge >= 0.3 is 18.2 Å². The van der Waals surface area contributed by atoms with Crippen molar-refractivity contribution in [3.63, 3.8) is 0 Å². The zero-order valence-electron chi connectivity index (χ0n) is 20.2. The van der Waals surface area contributed by atoms with Crippen LogP contribution in [-0.4, -0.2) is 42.3 Å². The van der Waals surface area contributed by atoms with Gasteiger partial charge in [-0.2, -0.15) is 13.2 Å². The number of benzene rings is 2. The van der Waals surface area contributed by atoms with Crippen LogP contribution in [0, 0.1) is 24.7 Å². The lowest BCUT2D eigenvalue weighted by Gasteiger charge is -2.42. The van der Waals surface area contributed by atoms with Crippen molar-refractivity contribution in [2.75, 3.05) is 13.7 Å². The molecule has 1 aliphatic heterocycles. The average Bonchev–Trinajstić information content (AvgIpc) is 3.28. The number of alkyl halides is 3. The maximum atomic E-state index is 13.1. The molecule has 1 aliphatic carbocycles. The molecule has 1 saturated carbocycles. The number of esters is 1. The van der Waals surface area contributed by atoms with Gasteiger partial charge in [0.1, 0.15) is 0 Å². The molecule has 3 atom stereocenters. The van der Waals surface area contributed by atoms with Crippen molar-refractivity contribution in [3.05, 3.63) is 70.8 Å². The number of amides is 1. The highest BCUT2D eigenvalue weighted by molar-refractivity contribution is 5.74. The maximum absolute atomic E-state index is 13.1. The molecule has 190 valence electrons. The topological polar surface area (TPSA) is 55.8 Å². The summed E-state index contributed by atoms with van der Waals surface area (Å²) >= 11 is 0. The summed E-state index contributed by atoms with van der Waals surface area (Å²) in [5.41, 5.74) is 0.0502. The number of carbonyl (C=O) groups excluding carboxylic acids is 2. The fourth-order valence-electron chi connectivity index (χ4n) is 5.33. The summed E-state index contributed by atoms with van der Waals surface area (Å²) in [4.78, 5) is 27.1. The molecular formula is C28H28F3NO4. The first kappa shape index (κ1) is 25.6. The molecule has 1 saturated heterocycles. The van der Waals surface area contributed by atoms with Gasteiger partial charge in [0, 0.05) is 24.1 Å². The Hall–Kier alpha value is -3.47. The molecule has 2 fully saturated rings. The van der Waals surface area contributed by atoms with E-state index in [1.165, 1.54) is 19.2 Å². The molecule has 5 nitrogen and oxygen atoms in total. The lowest BCUT2D eigenvalue weighted by atomic mass is 9.72. The smallest absolute Gasteiger partial charge is 0.416 e. The van der Waals surface area contributed by atoms with Gasteiger partial charge in [0.15, 0.2) is 5.60 Å². The summed E-state index contributed by atoms with van der Waals surface area (Å²) in [7, 11) is 1.33. The Kier molecular flexibility index (Phi) is 7.30. The minimum absolute atomic E-state index is 0.195. The van der Waals surface area contributed by atoms with Gasteiger partial charge in [0.05, 0.1) is 19.1 Å². The van der Waals surface area contributed by atoms with E-state index in [1.807, 2.05) is 31.2 Å². The van der Waals surface area contributed by atoms with Crippen molar-refractivity contribution in [1.29, 1.82) is 0 Å². The van der Waals surface area contributed by atoms with Crippen LogP contribution in [0.25, 0.3) is 0 Å². The van der Waals surface area contributed by atoms with Crippen molar-refractivity contribution in [2.24, 2.45) is 5.92 Å². The molecule has 0 unspecified atom stereocenters. The molecule has 0 bridgehead atoms. The second kappa shape index (κ2) is 10.3. The Morgan fingerprint density at radius 3 is 2.64 bits per heavy atom. The molecule has 36 heavy (non-hydrogen) atoms. The Labute approximate surface area is 208 Å². The Morgan fingerprint density at radius 2 is 1.92 bits per heavy atom. The van der Waals surface area contributed by atoms with E-state index in [2.05, 4.69) is 11.8 Å². The highest BCUT2D eigenvalue weighted by Crippen LogP contribution is 2.45. The van der Waals surface area contributed by atoms with E-state index in [4.69, 9.17) is 9.47 Å². The molecule has 0 radical (unpaired) electrons. The summed E-state index contributed by atoms with van der Waals surface area (Å²) < 4.78 is 50.4. The number of aryl methyl sites for hydroxylation is 1. The first-order valence-electron chi connectivity index (χ1n) is 11.9. The van der Waals surface area contributed by atoms with Gasteiger partial charge in [-0.25, -0.2) is 4.79 Å². The van der Waals surface area contributed by atoms with E-state index in [0.29, 0.717) is 25.8 Å². The quantitative estimate of drug-likeness (QED) is 0.412. The van der Waals surface area contributed by atoms with Crippen LogP contribution >= 0.6 is 0 Å². The molecule has 2 aliphatic rings. The first-order valence-corrected chi connectivity index (χ1v) is 11.9. The van der Waals surface area contributed by atoms with Gasteiger partial charge in [-0.15, -0.1) is 0 Å². The van der Waals surface area contributed by atoms with Crippen molar-refractivity contribution in [1.82, 2.24) is 4.90 Å². The molecule has 8 heteroatoms. The van der Waals surface area contributed by atoms with Gasteiger partial charge in [-0.1, -0.05) is 36.3 Å². The largest absolute Gasteiger partial charge is 0.453 e. The number of likely N-dealkylation sites (tertiary alicyclic amines) is 1. The summed E-state index contributed by atoms with van der Waals surface area (Å²) in [5.74, 6) is 5.51. The number of rotatable bonds is 3. The van der Waals surface area contributed by atoms with Crippen LogP contribution < -0.4 is 0 Å². The van der Waals surface area contributed by atoms with Gasteiger partial charge in [0.2, 0.25) is 0 Å². The van der Waals surface area contributed by atoms with E-state index < -0.39 is 29.4 Å². The number of hydrogen-bond acceptors (Lipinski definition) is 4. The minimum Gasteiger partial charge on any atom is -0.453 e. The van der Waals surface area contributed by atoms with Crippen molar-refractivity contribution in [2.45, 2.75) is 56.8 Å². The Morgan fingerprint density at radius 1 is 1.14 bits per heavy atom. The van der Waals surface area contributed by atoms with Crippen molar-refractivity contribution >= 4 is 12.1 Å². The molecule has 0 N–H and O–H groups in total. The Bertz CT molecular complexity index is 1200. The summed E-state index contributed by atoms with van der Waals surface area (Å²) in [5, 5.41) is 0. The van der Waals surface area contributed by atoms with Gasteiger partial charge < -0.3 is 14.4 Å². The first-order chi connectivity index (χ1) is 17.1. The number of nitrogens with zero attached hydrogens (tertiary/aromatic N) is 1. The highest BCUT2D eigenvalue weighted by Gasteiger charge is 2.53. The van der Waals surface area contributed by atoms with Crippen molar-refractivity contribution in [3.8, 4) is 11.8 Å². The van der Waals surface area contributed by atoms with Crippen LogP contribution in [0.1, 0.15) is 47.9 Å². The summed E-state index contributed by atoms with van der Waals surface area (Å²) in [6.07, 6.45) is -2.77. The third kappa shape index (κ3) is 5.51. The predicted molar refractivity (Wildman–Crippen MR) is 127 cm³/mol. The van der Waals surface area contributed by atoms with Gasteiger partial charge in [-0.05, 0) is 67.9 Å². The normalized spacial score (nSPS) is 23.3. The molecule has 2 aromatic rings. The van der Waals surface area contributed by atoms with Gasteiger partial charge in [-0.3, -0.25) is 4.79 Å². The van der Waals surface area contributed by atoms with E-state index in [9.17, 15) is 22.8 Å². The maximum Gasteiger partial charge on any atom is 0.416 e. The molecule has 0 spiro atoms.